The molecule has 0 unspecified atom stereocenters. The number of thioether (sulfide) groups is 1. The summed E-state index contributed by atoms with van der Waals surface area (Å²) in [7, 11) is 0. The largest absolute Gasteiger partial charge is 0.380 e. The number of rotatable bonds is 3. The van der Waals surface area contributed by atoms with Crippen molar-refractivity contribution in [1.29, 1.82) is 0 Å². The van der Waals surface area contributed by atoms with Gasteiger partial charge in [0.1, 0.15) is 5.60 Å². The molecule has 18 heavy (non-hydrogen) atoms. The Bertz CT molecular complexity index is 458. The maximum absolute atomic E-state index is 12.0. The van der Waals surface area contributed by atoms with Gasteiger partial charge in [0, 0.05) is 10.6 Å². The average molecular weight is 286 g/mol. The molecule has 5 heteroatoms. The van der Waals surface area contributed by atoms with Crippen molar-refractivity contribution in [3.05, 3.63) is 23.2 Å². The number of carbonyl (C=O) groups is 1. The minimum atomic E-state index is -1.20. The van der Waals surface area contributed by atoms with E-state index in [1.807, 2.05) is 12.3 Å². The predicted octanol–water partition coefficient (Wildman–Crippen LogP) is 3.31. The number of hydrogen-bond acceptors (Lipinski definition) is 3. The zero-order valence-corrected chi connectivity index (χ0v) is 11.8. The summed E-state index contributed by atoms with van der Waals surface area (Å²) in [6.07, 6.45) is 4.82. The molecule has 0 spiro atoms. The second kappa shape index (κ2) is 5.51. The summed E-state index contributed by atoms with van der Waals surface area (Å²) in [5.41, 5.74) is -0.576. The van der Waals surface area contributed by atoms with Crippen molar-refractivity contribution in [2.75, 3.05) is 11.6 Å². The van der Waals surface area contributed by atoms with E-state index in [4.69, 9.17) is 11.6 Å². The van der Waals surface area contributed by atoms with Gasteiger partial charge in [-0.15, -0.1) is 11.8 Å². The van der Waals surface area contributed by atoms with Gasteiger partial charge < -0.3 is 10.4 Å². The number of benzene rings is 1. The van der Waals surface area contributed by atoms with Crippen LogP contribution in [0.2, 0.25) is 5.02 Å². The fourth-order valence-corrected chi connectivity index (χ4v) is 3.05. The molecule has 0 heterocycles. The Labute approximate surface area is 116 Å². The molecule has 0 atom stereocenters. The number of hydrogen-bond donors (Lipinski definition) is 2. The molecule has 1 aliphatic rings. The zero-order chi connectivity index (χ0) is 13.2. The molecule has 1 saturated carbocycles. The topological polar surface area (TPSA) is 49.3 Å². The van der Waals surface area contributed by atoms with Gasteiger partial charge in [-0.05, 0) is 50.1 Å². The normalized spacial score (nSPS) is 17.7. The molecule has 1 amide bonds. The van der Waals surface area contributed by atoms with Crippen LogP contribution in [-0.2, 0) is 4.79 Å². The van der Waals surface area contributed by atoms with Gasteiger partial charge in [-0.3, -0.25) is 4.79 Å². The van der Waals surface area contributed by atoms with E-state index in [9.17, 15) is 9.90 Å². The zero-order valence-electron chi connectivity index (χ0n) is 10.2. The lowest BCUT2D eigenvalue weighted by Crippen LogP contribution is -2.40. The van der Waals surface area contributed by atoms with Crippen LogP contribution in [0.15, 0.2) is 23.1 Å². The number of amides is 1. The van der Waals surface area contributed by atoms with Gasteiger partial charge in [-0.25, -0.2) is 0 Å². The van der Waals surface area contributed by atoms with Crippen molar-refractivity contribution in [1.82, 2.24) is 0 Å². The summed E-state index contributed by atoms with van der Waals surface area (Å²) in [6, 6.07) is 5.37. The van der Waals surface area contributed by atoms with E-state index >= 15 is 0 Å². The summed E-state index contributed by atoms with van der Waals surface area (Å²) in [5, 5.41) is 13.5. The van der Waals surface area contributed by atoms with Crippen LogP contribution in [-0.4, -0.2) is 22.9 Å². The molecule has 3 nitrogen and oxygen atoms in total. The summed E-state index contributed by atoms with van der Waals surface area (Å²) >= 11 is 7.63. The van der Waals surface area contributed by atoms with Crippen molar-refractivity contribution in [3.8, 4) is 0 Å². The monoisotopic (exact) mass is 285 g/mol. The fourth-order valence-electron chi connectivity index (χ4n) is 2.18. The maximum Gasteiger partial charge on any atom is 0.256 e. The smallest absolute Gasteiger partial charge is 0.256 e. The van der Waals surface area contributed by atoms with Crippen LogP contribution in [0.4, 0.5) is 5.69 Å². The Morgan fingerprint density at radius 3 is 2.67 bits per heavy atom. The second-order valence-electron chi connectivity index (χ2n) is 4.54. The molecule has 0 radical (unpaired) electrons. The highest BCUT2D eigenvalue weighted by atomic mass is 35.5. The van der Waals surface area contributed by atoms with Crippen LogP contribution < -0.4 is 5.32 Å². The standard InChI is InChI=1S/C13H16ClNO2S/c1-18-11-5-4-9(8-10(11)14)15-12(16)13(17)6-2-3-7-13/h4-5,8,17H,2-3,6-7H2,1H3,(H,15,16). The quantitative estimate of drug-likeness (QED) is 0.838. The molecule has 1 aromatic carbocycles. The minimum absolute atomic E-state index is 0.326. The van der Waals surface area contributed by atoms with E-state index in [1.165, 1.54) is 0 Å². The first-order valence-electron chi connectivity index (χ1n) is 5.92. The van der Waals surface area contributed by atoms with Gasteiger partial charge in [0.2, 0.25) is 0 Å². The van der Waals surface area contributed by atoms with Crippen molar-refractivity contribution < 1.29 is 9.90 Å². The number of carbonyl (C=O) groups excluding carboxylic acids is 1. The highest BCUT2D eigenvalue weighted by molar-refractivity contribution is 7.98. The SMILES string of the molecule is CSc1ccc(NC(=O)C2(O)CCCC2)cc1Cl. The van der Waals surface area contributed by atoms with Crippen LogP contribution in [0.5, 0.6) is 0 Å². The number of anilines is 1. The van der Waals surface area contributed by atoms with Gasteiger partial charge in [0.25, 0.3) is 5.91 Å². The lowest BCUT2D eigenvalue weighted by atomic mass is 10.0. The van der Waals surface area contributed by atoms with E-state index in [-0.39, 0.29) is 5.91 Å². The number of halogens is 1. The Balaban J connectivity index is 2.09. The van der Waals surface area contributed by atoms with Gasteiger partial charge >= 0.3 is 0 Å². The molecular formula is C13H16ClNO2S. The molecule has 0 aliphatic heterocycles. The summed E-state index contributed by atoms with van der Waals surface area (Å²) in [5.74, 6) is -0.326. The van der Waals surface area contributed by atoms with Crippen LogP contribution in [0.3, 0.4) is 0 Å². The van der Waals surface area contributed by atoms with Gasteiger partial charge in [-0.2, -0.15) is 0 Å². The molecule has 1 fully saturated rings. The molecule has 2 rings (SSSR count). The molecule has 1 aromatic rings. The molecule has 1 aliphatic carbocycles. The maximum atomic E-state index is 12.0. The van der Waals surface area contributed by atoms with E-state index in [2.05, 4.69) is 5.32 Å². The van der Waals surface area contributed by atoms with Crippen LogP contribution >= 0.6 is 23.4 Å². The van der Waals surface area contributed by atoms with E-state index in [0.717, 1.165) is 17.7 Å². The Morgan fingerprint density at radius 1 is 1.44 bits per heavy atom. The third-order valence-corrected chi connectivity index (χ3v) is 4.48. The van der Waals surface area contributed by atoms with Gasteiger partial charge in [0.15, 0.2) is 0 Å². The Morgan fingerprint density at radius 2 is 2.11 bits per heavy atom. The molecule has 0 aromatic heterocycles. The lowest BCUT2D eigenvalue weighted by Gasteiger charge is -2.21. The Hall–Kier alpha value is -0.710. The van der Waals surface area contributed by atoms with Crippen LogP contribution in [0, 0.1) is 0 Å². The Kier molecular flexibility index (Phi) is 4.20. The summed E-state index contributed by atoms with van der Waals surface area (Å²) < 4.78 is 0. The fraction of sp³-hybridized carbons (Fsp3) is 0.462. The van der Waals surface area contributed by atoms with Gasteiger partial charge in [-0.1, -0.05) is 11.6 Å². The molecular weight excluding hydrogens is 270 g/mol. The molecule has 0 saturated heterocycles. The summed E-state index contributed by atoms with van der Waals surface area (Å²) in [6.45, 7) is 0. The predicted molar refractivity (Wildman–Crippen MR) is 75.3 cm³/mol. The van der Waals surface area contributed by atoms with Crippen molar-refractivity contribution in [3.63, 3.8) is 0 Å². The third kappa shape index (κ3) is 2.82. The van der Waals surface area contributed by atoms with E-state index in [1.54, 1.807) is 23.9 Å². The molecule has 0 bridgehead atoms. The first kappa shape index (κ1) is 13.7. The summed E-state index contributed by atoms with van der Waals surface area (Å²) in [4.78, 5) is 13.0. The molecule has 2 N–H and O–H groups in total. The van der Waals surface area contributed by atoms with E-state index in [0.29, 0.717) is 23.6 Å². The molecule has 98 valence electrons. The van der Waals surface area contributed by atoms with Crippen molar-refractivity contribution in [2.24, 2.45) is 0 Å². The van der Waals surface area contributed by atoms with Gasteiger partial charge in [0.05, 0.1) is 5.02 Å². The first-order chi connectivity index (χ1) is 8.55. The lowest BCUT2D eigenvalue weighted by molar-refractivity contribution is -0.133. The van der Waals surface area contributed by atoms with Crippen molar-refractivity contribution in [2.45, 2.75) is 36.2 Å². The first-order valence-corrected chi connectivity index (χ1v) is 7.53. The number of aliphatic hydroxyl groups is 1. The third-order valence-electron chi connectivity index (χ3n) is 3.26. The van der Waals surface area contributed by atoms with Crippen LogP contribution in [0.1, 0.15) is 25.7 Å². The highest BCUT2D eigenvalue weighted by Gasteiger charge is 2.38. The second-order valence-corrected chi connectivity index (χ2v) is 5.80. The highest BCUT2D eigenvalue weighted by Crippen LogP contribution is 2.32. The van der Waals surface area contributed by atoms with Crippen LogP contribution in [0.25, 0.3) is 0 Å². The van der Waals surface area contributed by atoms with E-state index < -0.39 is 5.60 Å². The number of nitrogens with one attached hydrogen (secondary N) is 1. The van der Waals surface area contributed by atoms with Crippen molar-refractivity contribution >= 4 is 35.0 Å². The minimum Gasteiger partial charge on any atom is -0.380 e. The average Bonchev–Trinajstić information content (AvgIpc) is 2.78.